The zero-order valence-electron chi connectivity index (χ0n) is 21.0. The van der Waals surface area contributed by atoms with Crippen LogP contribution < -0.4 is 0 Å². The standard InChI is InChI=1S/C36H22N2S/c1-5-17-29-23(11-1)24-12-2-6-18-30(24)37(29)32-20-9-15-27-25-13-3-7-19-31(25)38(35(27)32)33-21-10-16-28-26-14-4-8-22-34(26)39-36(28)33/h1-22H. The van der Waals surface area contributed by atoms with Crippen molar-refractivity contribution in [2.24, 2.45) is 0 Å². The second kappa shape index (κ2) is 7.83. The first-order valence-electron chi connectivity index (χ1n) is 13.3. The molecule has 0 fully saturated rings. The molecule has 0 unspecified atom stereocenters. The van der Waals surface area contributed by atoms with Gasteiger partial charge in [0, 0.05) is 37.0 Å². The zero-order valence-corrected chi connectivity index (χ0v) is 21.8. The van der Waals surface area contributed by atoms with E-state index < -0.39 is 0 Å². The lowest BCUT2D eigenvalue weighted by Crippen LogP contribution is -2.00. The molecule has 0 aliphatic heterocycles. The fourth-order valence-corrected chi connectivity index (χ4v) is 7.73. The Morgan fingerprint density at radius 1 is 0.359 bits per heavy atom. The Bertz CT molecular complexity index is 2350. The predicted octanol–water partition coefficient (Wildman–Crippen LogP) is 10.2. The van der Waals surface area contributed by atoms with Crippen LogP contribution in [0.4, 0.5) is 0 Å². The average Bonchev–Trinajstić information content (AvgIpc) is 3.65. The molecule has 9 rings (SSSR count). The van der Waals surface area contributed by atoms with Gasteiger partial charge in [0.1, 0.15) is 0 Å². The highest BCUT2D eigenvalue weighted by molar-refractivity contribution is 7.26. The largest absolute Gasteiger partial charge is 0.307 e. The number of rotatable bonds is 2. The number of hydrogen-bond donors (Lipinski definition) is 0. The molecule has 0 atom stereocenters. The number of hydrogen-bond acceptors (Lipinski definition) is 1. The third-order valence-electron chi connectivity index (χ3n) is 8.12. The summed E-state index contributed by atoms with van der Waals surface area (Å²) < 4.78 is 7.59. The maximum absolute atomic E-state index is 2.50. The Balaban J connectivity index is 1.50. The molecule has 182 valence electrons. The van der Waals surface area contributed by atoms with Crippen molar-refractivity contribution in [2.75, 3.05) is 0 Å². The van der Waals surface area contributed by atoms with Crippen LogP contribution in [0.3, 0.4) is 0 Å². The third kappa shape index (κ3) is 2.80. The molecule has 0 N–H and O–H groups in total. The fraction of sp³-hybridized carbons (Fsp3) is 0. The molecule has 0 saturated heterocycles. The van der Waals surface area contributed by atoms with Gasteiger partial charge in [-0.1, -0.05) is 97.1 Å². The number of benzene rings is 6. The molecular formula is C36H22N2S. The topological polar surface area (TPSA) is 9.86 Å². The van der Waals surface area contributed by atoms with Crippen molar-refractivity contribution in [1.82, 2.24) is 9.13 Å². The zero-order chi connectivity index (χ0) is 25.5. The van der Waals surface area contributed by atoms with Crippen molar-refractivity contribution in [2.45, 2.75) is 0 Å². The molecule has 2 nitrogen and oxygen atoms in total. The van der Waals surface area contributed by atoms with Gasteiger partial charge in [-0.3, -0.25) is 0 Å². The first kappa shape index (κ1) is 21.1. The van der Waals surface area contributed by atoms with E-state index in [1.165, 1.54) is 75.2 Å². The van der Waals surface area contributed by atoms with Crippen molar-refractivity contribution >= 4 is 75.1 Å². The normalized spacial score (nSPS) is 12.1. The maximum Gasteiger partial charge on any atom is 0.0782 e. The summed E-state index contributed by atoms with van der Waals surface area (Å²) in [5.74, 6) is 0. The van der Waals surface area contributed by atoms with Crippen LogP contribution in [0.15, 0.2) is 133 Å². The molecule has 3 heterocycles. The average molecular weight is 515 g/mol. The van der Waals surface area contributed by atoms with Gasteiger partial charge in [-0.2, -0.15) is 0 Å². The fourth-order valence-electron chi connectivity index (χ4n) is 6.52. The molecule has 0 saturated carbocycles. The van der Waals surface area contributed by atoms with E-state index in [2.05, 4.69) is 143 Å². The number of aromatic nitrogens is 2. The molecule has 0 radical (unpaired) electrons. The molecule has 3 aromatic heterocycles. The van der Waals surface area contributed by atoms with Gasteiger partial charge in [-0.25, -0.2) is 0 Å². The predicted molar refractivity (Wildman–Crippen MR) is 168 cm³/mol. The second-order valence-corrected chi connectivity index (χ2v) is 11.2. The first-order valence-corrected chi connectivity index (χ1v) is 14.1. The second-order valence-electron chi connectivity index (χ2n) is 10.1. The number of para-hydroxylation sites is 4. The van der Waals surface area contributed by atoms with Gasteiger partial charge in [0.25, 0.3) is 0 Å². The molecule has 9 aromatic rings. The monoisotopic (exact) mass is 514 g/mol. The summed E-state index contributed by atoms with van der Waals surface area (Å²) in [4.78, 5) is 0. The van der Waals surface area contributed by atoms with Crippen molar-refractivity contribution in [3.63, 3.8) is 0 Å². The molecule has 0 aliphatic carbocycles. The van der Waals surface area contributed by atoms with E-state index in [1.807, 2.05) is 11.3 Å². The van der Waals surface area contributed by atoms with Crippen LogP contribution in [0.1, 0.15) is 0 Å². The summed E-state index contributed by atoms with van der Waals surface area (Å²) in [6.07, 6.45) is 0. The van der Waals surface area contributed by atoms with Gasteiger partial charge in [0.05, 0.1) is 38.1 Å². The number of fused-ring (bicyclic) bond motifs is 9. The Morgan fingerprint density at radius 2 is 0.846 bits per heavy atom. The van der Waals surface area contributed by atoms with E-state index in [0.717, 1.165) is 0 Å². The number of thiophene rings is 1. The summed E-state index contributed by atoms with van der Waals surface area (Å²) in [6, 6.07) is 48.6. The van der Waals surface area contributed by atoms with Gasteiger partial charge in [0.15, 0.2) is 0 Å². The quantitative estimate of drug-likeness (QED) is 0.217. The summed E-state index contributed by atoms with van der Waals surface area (Å²) in [6.45, 7) is 0. The van der Waals surface area contributed by atoms with E-state index in [0.29, 0.717) is 0 Å². The van der Waals surface area contributed by atoms with Gasteiger partial charge in [-0.05, 0) is 36.4 Å². The van der Waals surface area contributed by atoms with E-state index >= 15 is 0 Å². The molecule has 3 heteroatoms. The van der Waals surface area contributed by atoms with Crippen LogP contribution >= 0.6 is 11.3 Å². The molecule has 0 spiro atoms. The van der Waals surface area contributed by atoms with Crippen molar-refractivity contribution in [3.05, 3.63) is 133 Å². The lowest BCUT2D eigenvalue weighted by atomic mass is 10.1. The Hall–Kier alpha value is -4.86. The maximum atomic E-state index is 2.50. The summed E-state index contributed by atoms with van der Waals surface area (Å²) in [7, 11) is 0. The van der Waals surface area contributed by atoms with Gasteiger partial charge >= 0.3 is 0 Å². The molecule has 0 amide bonds. The summed E-state index contributed by atoms with van der Waals surface area (Å²) >= 11 is 1.88. The minimum atomic E-state index is 1.19. The van der Waals surface area contributed by atoms with Crippen LogP contribution in [-0.2, 0) is 0 Å². The van der Waals surface area contributed by atoms with Crippen LogP contribution in [0.2, 0.25) is 0 Å². The van der Waals surface area contributed by atoms with Crippen LogP contribution in [0, 0.1) is 0 Å². The summed E-state index contributed by atoms with van der Waals surface area (Å²) in [5.41, 5.74) is 7.33. The van der Waals surface area contributed by atoms with Gasteiger partial charge in [-0.15, -0.1) is 11.3 Å². The van der Waals surface area contributed by atoms with E-state index in [9.17, 15) is 0 Å². The molecular weight excluding hydrogens is 492 g/mol. The van der Waals surface area contributed by atoms with Crippen molar-refractivity contribution < 1.29 is 0 Å². The smallest absolute Gasteiger partial charge is 0.0782 e. The minimum Gasteiger partial charge on any atom is -0.307 e. The van der Waals surface area contributed by atoms with Gasteiger partial charge in [0.2, 0.25) is 0 Å². The van der Waals surface area contributed by atoms with Crippen molar-refractivity contribution in [3.8, 4) is 11.4 Å². The Labute approximate surface area is 228 Å². The van der Waals surface area contributed by atoms with Crippen LogP contribution in [0.25, 0.3) is 75.2 Å². The first-order chi connectivity index (χ1) is 19.4. The van der Waals surface area contributed by atoms with Gasteiger partial charge < -0.3 is 9.13 Å². The highest BCUT2D eigenvalue weighted by Gasteiger charge is 2.21. The molecule has 0 aliphatic rings. The highest BCUT2D eigenvalue weighted by atomic mass is 32.1. The molecule has 39 heavy (non-hydrogen) atoms. The highest BCUT2D eigenvalue weighted by Crippen LogP contribution is 2.43. The number of nitrogens with zero attached hydrogens (tertiary/aromatic N) is 2. The van der Waals surface area contributed by atoms with E-state index in [-0.39, 0.29) is 0 Å². The molecule has 6 aromatic carbocycles. The lowest BCUT2D eigenvalue weighted by Gasteiger charge is -2.15. The molecule has 0 bridgehead atoms. The lowest BCUT2D eigenvalue weighted by molar-refractivity contribution is 1.14. The minimum absolute atomic E-state index is 1.19. The van der Waals surface area contributed by atoms with E-state index in [4.69, 9.17) is 0 Å². The summed E-state index contributed by atoms with van der Waals surface area (Å²) in [5, 5.41) is 7.73. The Morgan fingerprint density at radius 3 is 1.54 bits per heavy atom. The van der Waals surface area contributed by atoms with Crippen LogP contribution in [0.5, 0.6) is 0 Å². The SMILES string of the molecule is c1ccc2c(c1)sc1c(-n3c4ccccc4c4cccc(-n5c6ccccc6c6ccccc65)c43)cccc12. The van der Waals surface area contributed by atoms with Crippen molar-refractivity contribution in [1.29, 1.82) is 0 Å². The van der Waals surface area contributed by atoms with E-state index in [1.54, 1.807) is 0 Å². The Kier molecular flexibility index (Phi) is 4.24. The van der Waals surface area contributed by atoms with Crippen LogP contribution in [-0.4, -0.2) is 9.13 Å². The third-order valence-corrected chi connectivity index (χ3v) is 9.33.